The molecular formula is C23H28N4O. The molecule has 0 bridgehead atoms. The van der Waals surface area contributed by atoms with Crippen LogP contribution < -0.4 is 5.73 Å². The first-order valence-corrected chi connectivity index (χ1v) is 10.1. The van der Waals surface area contributed by atoms with E-state index in [1.54, 1.807) is 0 Å². The SMILES string of the molecule is CC(C)n1c(C2CCCN(C(=O)c3ccc(CN)cc3)C2)nc2ccccc21. The smallest absolute Gasteiger partial charge is 0.253 e. The van der Waals surface area contributed by atoms with Crippen molar-refractivity contribution in [3.05, 3.63) is 65.5 Å². The molecule has 1 aromatic heterocycles. The Morgan fingerprint density at radius 1 is 1.18 bits per heavy atom. The summed E-state index contributed by atoms with van der Waals surface area (Å²) in [5, 5.41) is 0. The number of nitrogens with two attached hydrogens (primary N) is 1. The number of piperidine rings is 1. The largest absolute Gasteiger partial charge is 0.338 e. The zero-order valence-corrected chi connectivity index (χ0v) is 16.6. The fourth-order valence-electron chi connectivity index (χ4n) is 4.23. The number of para-hydroxylation sites is 2. The van der Waals surface area contributed by atoms with Gasteiger partial charge in [0.2, 0.25) is 0 Å². The predicted octanol–water partition coefficient (Wildman–Crippen LogP) is 4.10. The van der Waals surface area contributed by atoms with Gasteiger partial charge in [0.15, 0.2) is 0 Å². The Bertz CT molecular complexity index is 974. The van der Waals surface area contributed by atoms with E-state index in [9.17, 15) is 4.79 Å². The monoisotopic (exact) mass is 376 g/mol. The van der Waals surface area contributed by atoms with Crippen LogP contribution in [0.25, 0.3) is 11.0 Å². The number of rotatable bonds is 4. The minimum Gasteiger partial charge on any atom is -0.338 e. The number of fused-ring (bicyclic) bond motifs is 1. The topological polar surface area (TPSA) is 64.2 Å². The van der Waals surface area contributed by atoms with Crippen LogP contribution in [-0.4, -0.2) is 33.4 Å². The molecule has 1 amide bonds. The molecule has 146 valence electrons. The summed E-state index contributed by atoms with van der Waals surface area (Å²) in [6.07, 6.45) is 2.06. The van der Waals surface area contributed by atoms with Crippen molar-refractivity contribution in [3.63, 3.8) is 0 Å². The minimum atomic E-state index is 0.0977. The Morgan fingerprint density at radius 3 is 2.64 bits per heavy atom. The summed E-state index contributed by atoms with van der Waals surface area (Å²) in [5.74, 6) is 1.46. The van der Waals surface area contributed by atoms with Gasteiger partial charge in [-0.25, -0.2) is 4.98 Å². The van der Waals surface area contributed by atoms with Gasteiger partial charge in [-0.1, -0.05) is 24.3 Å². The normalized spacial score (nSPS) is 17.4. The van der Waals surface area contributed by atoms with E-state index in [0.29, 0.717) is 19.1 Å². The molecule has 0 aliphatic carbocycles. The molecule has 1 atom stereocenters. The number of carbonyl (C=O) groups excluding carboxylic acids is 1. The fraction of sp³-hybridized carbons (Fsp3) is 0.391. The van der Waals surface area contributed by atoms with Gasteiger partial charge in [-0.3, -0.25) is 4.79 Å². The van der Waals surface area contributed by atoms with Crippen molar-refractivity contribution in [1.29, 1.82) is 0 Å². The van der Waals surface area contributed by atoms with E-state index in [1.807, 2.05) is 35.2 Å². The van der Waals surface area contributed by atoms with Crippen LogP contribution >= 0.6 is 0 Å². The van der Waals surface area contributed by atoms with Crippen LogP contribution in [0.5, 0.6) is 0 Å². The van der Waals surface area contributed by atoms with Crippen molar-refractivity contribution in [2.45, 2.75) is 45.2 Å². The Kier molecular flexibility index (Phi) is 5.18. The molecule has 0 radical (unpaired) electrons. The number of aromatic nitrogens is 2. The van der Waals surface area contributed by atoms with Crippen molar-refractivity contribution < 1.29 is 4.79 Å². The zero-order chi connectivity index (χ0) is 19.7. The molecule has 28 heavy (non-hydrogen) atoms. The Hall–Kier alpha value is -2.66. The number of benzene rings is 2. The van der Waals surface area contributed by atoms with Crippen LogP contribution in [0.2, 0.25) is 0 Å². The molecule has 2 heterocycles. The van der Waals surface area contributed by atoms with Crippen LogP contribution in [0, 0.1) is 0 Å². The average Bonchev–Trinajstić information content (AvgIpc) is 3.13. The van der Waals surface area contributed by atoms with Gasteiger partial charge >= 0.3 is 0 Å². The van der Waals surface area contributed by atoms with Crippen molar-refractivity contribution in [2.75, 3.05) is 13.1 Å². The number of nitrogens with zero attached hydrogens (tertiary/aromatic N) is 3. The second kappa shape index (κ2) is 7.76. The molecule has 1 unspecified atom stereocenters. The summed E-state index contributed by atoms with van der Waals surface area (Å²) in [6, 6.07) is 16.3. The maximum Gasteiger partial charge on any atom is 0.253 e. The molecule has 1 fully saturated rings. The summed E-state index contributed by atoms with van der Waals surface area (Å²) in [4.78, 5) is 20.0. The third kappa shape index (κ3) is 3.42. The van der Waals surface area contributed by atoms with E-state index in [4.69, 9.17) is 10.7 Å². The minimum absolute atomic E-state index is 0.0977. The molecule has 1 aliphatic heterocycles. The standard InChI is InChI=1S/C23H28N4O/c1-16(2)27-21-8-4-3-7-20(21)25-22(27)19-6-5-13-26(15-19)23(28)18-11-9-17(14-24)10-12-18/h3-4,7-12,16,19H,5-6,13-15,24H2,1-2H3. The molecule has 2 N–H and O–H groups in total. The third-order valence-corrected chi connectivity index (χ3v) is 5.65. The molecule has 4 rings (SSSR count). The van der Waals surface area contributed by atoms with Gasteiger partial charge in [-0.2, -0.15) is 0 Å². The highest BCUT2D eigenvalue weighted by atomic mass is 16.2. The predicted molar refractivity (Wildman–Crippen MR) is 112 cm³/mol. The van der Waals surface area contributed by atoms with E-state index in [0.717, 1.165) is 41.9 Å². The summed E-state index contributed by atoms with van der Waals surface area (Å²) in [5.41, 5.74) is 9.65. The highest BCUT2D eigenvalue weighted by molar-refractivity contribution is 5.94. The van der Waals surface area contributed by atoms with Gasteiger partial charge in [0.05, 0.1) is 11.0 Å². The highest BCUT2D eigenvalue weighted by Crippen LogP contribution is 2.32. The van der Waals surface area contributed by atoms with E-state index >= 15 is 0 Å². The quantitative estimate of drug-likeness (QED) is 0.746. The van der Waals surface area contributed by atoms with Crippen LogP contribution in [0.4, 0.5) is 0 Å². The van der Waals surface area contributed by atoms with E-state index < -0.39 is 0 Å². The average molecular weight is 377 g/mol. The summed E-state index contributed by atoms with van der Waals surface area (Å²) in [7, 11) is 0. The first-order chi connectivity index (χ1) is 13.6. The second-order valence-electron chi connectivity index (χ2n) is 7.91. The summed E-state index contributed by atoms with van der Waals surface area (Å²) < 4.78 is 2.34. The first-order valence-electron chi connectivity index (χ1n) is 10.1. The molecule has 2 aromatic carbocycles. The molecule has 1 aliphatic rings. The molecule has 5 heteroatoms. The molecule has 5 nitrogen and oxygen atoms in total. The lowest BCUT2D eigenvalue weighted by Crippen LogP contribution is -2.39. The maximum atomic E-state index is 13.0. The van der Waals surface area contributed by atoms with Gasteiger partial charge in [0.25, 0.3) is 5.91 Å². The Morgan fingerprint density at radius 2 is 1.93 bits per heavy atom. The Balaban J connectivity index is 1.61. The number of amides is 1. The lowest BCUT2D eigenvalue weighted by Gasteiger charge is -2.33. The number of imidazole rings is 1. The van der Waals surface area contributed by atoms with Crippen molar-refractivity contribution in [1.82, 2.24) is 14.5 Å². The third-order valence-electron chi connectivity index (χ3n) is 5.65. The zero-order valence-electron chi connectivity index (χ0n) is 16.6. The maximum absolute atomic E-state index is 13.0. The van der Waals surface area contributed by atoms with Crippen LogP contribution in [0.15, 0.2) is 48.5 Å². The number of hydrogen-bond donors (Lipinski definition) is 1. The van der Waals surface area contributed by atoms with Crippen molar-refractivity contribution in [2.24, 2.45) is 5.73 Å². The van der Waals surface area contributed by atoms with E-state index in [-0.39, 0.29) is 11.8 Å². The molecular weight excluding hydrogens is 348 g/mol. The van der Waals surface area contributed by atoms with Crippen molar-refractivity contribution in [3.8, 4) is 0 Å². The van der Waals surface area contributed by atoms with E-state index in [2.05, 4.69) is 36.6 Å². The molecule has 3 aromatic rings. The number of hydrogen-bond acceptors (Lipinski definition) is 3. The van der Waals surface area contributed by atoms with Crippen LogP contribution in [0.1, 0.15) is 60.4 Å². The van der Waals surface area contributed by atoms with Gasteiger partial charge in [0, 0.05) is 37.2 Å². The lowest BCUT2D eigenvalue weighted by atomic mass is 9.96. The van der Waals surface area contributed by atoms with Crippen LogP contribution in [0.3, 0.4) is 0 Å². The number of carbonyl (C=O) groups is 1. The van der Waals surface area contributed by atoms with Gasteiger partial charge in [-0.15, -0.1) is 0 Å². The Labute approximate surface area is 166 Å². The molecule has 1 saturated heterocycles. The first kappa shape index (κ1) is 18.7. The molecule has 0 saturated carbocycles. The second-order valence-corrected chi connectivity index (χ2v) is 7.91. The fourth-order valence-corrected chi connectivity index (χ4v) is 4.23. The lowest BCUT2D eigenvalue weighted by molar-refractivity contribution is 0.0703. The highest BCUT2D eigenvalue weighted by Gasteiger charge is 2.29. The van der Waals surface area contributed by atoms with Crippen LogP contribution in [-0.2, 0) is 6.54 Å². The van der Waals surface area contributed by atoms with E-state index in [1.165, 1.54) is 5.52 Å². The van der Waals surface area contributed by atoms with Gasteiger partial charge < -0.3 is 15.2 Å². The summed E-state index contributed by atoms with van der Waals surface area (Å²) in [6.45, 7) is 6.40. The van der Waals surface area contributed by atoms with Gasteiger partial charge in [-0.05, 0) is 56.5 Å². The van der Waals surface area contributed by atoms with Crippen molar-refractivity contribution >= 4 is 16.9 Å². The van der Waals surface area contributed by atoms with Gasteiger partial charge in [0.1, 0.15) is 5.82 Å². The summed E-state index contributed by atoms with van der Waals surface area (Å²) >= 11 is 0. The number of likely N-dealkylation sites (tertiary alicyclic amines) is 1. The molecule has 0 spiro atoms.